The second kappa shape index (κ2) is 5.03. The molecule has 0 aliphatic heterocycles. The Morgan fingerprint density at radius 3 is 2.58 bits per heavy atom. The van der Waals surface area contributed by atoms with Gasteiger partial charge in [0.25, 0.3) is 0 Å². The van der Waals surface area contributed by atoms with Crippen molar-refractivity contribution in [1.82, 2.24) is 14.5 Å². The zero-order valence-corrected chi connectivity index (χ0v) is 10.6. The molecule has 102 valence electrons. The summed E-state index contributed by atoms with van der Waals surface area (Å²) in [6.45, 7) is 3.73. The number of hydrogen-bond acceptors (Lipinski definition) is 2. The van der Waals surface area contributed by atoms with E-state index in [1.165, 1.54) is 12.3 Å². The van der Waals surface area contributed by atoms with E-state index in [4.69, 9.17) is 0 Å². The second-order valence-corrected chi connectivity index (χ2v) is 4.66. The Kier molecular flexibility index (Phi) is 3.59. The molecule has 0 saturated carbocycles. The number of aromatic nitrogens is 3. The summed E-state index contributed by atoms with van der Waals surface area (Å²) < 4.78 is 40.7. The molecule has 0 spiro atoms. The maximum absolute atomic E-state index is 13.0. The highest BCUT2D eigenvalue weighted by Crippen LogP contribution is 2.34. The quantitative estimate of drug-likeness (QED) is 0.854. The zero-order valence-electron chi connectivity index (χ0n) is 10.6. The highest BCUT2D eigenvalue weighted by Gasteiger charge is 2.35. The SMILES string of the molecule is CC(C)c1ncc(Cn2ccnc2)cc1C(F)(F)F. The van der Waals surface area contributed by atoms with Gasteiger partial charge >= 0.3 is 6.18 Å². The molecule has 0 saturated heterocycles. The first-order valence-electron chi connectivity index (χ1n) is 5.89. The van der Waals surface area contributed by atoms with Crippen molar-refractivity contribution in [1.29, 1.82) is 0 Å². The van der Waals surface area contributed by atoms with Crippen LogP contribution in [-0.2, 0) is 12.7 Å². The Hall–Kier alpha value is -1.85. The van der Waals surface area contributed by atoms with E-state index >= 15 is 0 Å². The molecular weight excluding hydrogens is 255 g/mol. The average molecular weight is 269 g/mol. The number of rotatable bonds is 3. The van der Waals surface area contributed by atoms with Crippen LogP contribution < -0.4 is 0 Å². The molecule has 3 nitrogen and oxygen atoms in total. The molecule has 6 heteroatoms. The van der Waals surface area contributed by atoms with E-state index in [1.54, 1.807) is 37.1 Å². The number of pyridine rings is 1. The summed E-state index contributed by atoms with van der Waals surface area (Å²) in [6.07, 6.45) is 1.95. The van der Waals surface area contributed by atoms with E-state index < -0.39 is 11.7 Å². The summed E-state index contributed by atoms with van der Waals surface area (Å²) in [5.74, 6) is -0.265. The minimum Gasteiger partial charge on any atom is -0.333 e. The van der Waals surface area contributed by atoms with E-state index in [-0.39, 0.29) is 11.6 Å². The van der Waals surface area contributed by atoms with Crippen LogP contribution in [-0.4, -0.2) is 14.5 Å². The third-order valence-electron chi connectivity index (χ3n) is 2.75. The van der Waals surface area contributed by atoms with Gasteiger partial charge in [0.1, 0.15) is 0 Å². The normalized spacial score (nSPS) is 12.1. The van der Waals surface area contributed by atoms with Crippen LogP contribution in [0.1, 0.15) is 36.6 Å². The molecule has 0 aliphatic carbocycles. The van der Waals surface area contributed by atoms with Crippen molar-refractivity contribution in [3.8, 4) is 0 Å². The fourth-order valence-electron chi connectivity index (χ4n) is 1.88. The first-order valence-corrected chi connectivity index (χ1v) is 5.89. The summed E-state index contributed by atoms with van der Waals surface area (Å²) in [4.78, 5) is 7.83. The number of imidazole rings is 1. The van der Waals surface area contributed by atoms with Crippen LogP contribution in [0.25, 0.3) is 0 Å². The molecule has 0 bridgehead atoms. The molecule has 2 aromatic heterocycles. The number of halogens is 3. The van der Waals surface area contributed by atoms with Gasteiger partial charge in [-0.05, 0) is 17.5 Å². The summed E-state index contributed by atoms with van der Waals surface area (Å²) >= 11 is 0. The standard InChI is InChI=1S/C13H14F3N3/c1-9(2)12-11(13(14,15)16)5-10(6-18-12)7-19-4-3-17-8-19/h3-6,8-9H,7H2,1-2H3. The van der Waals surface area contributed by atoms with Gasteiger partial charge in [-0.25, -0.2) is 4.98 Å². The van der Waals surface area contributed by atoms with Gasteiger partial charge in [0.15, 0.2) is 0 Å². The summed E-state index contributed by atoms with van der Waals surface area (Å²) in [6, 6.07) is 1.17. The summed E-state index contributed by atoms with van der Waals surface area (Å²) in [7, 11) is 0. The number of alkyl halides is 3. The first kappa shape index (κ1) is 13.6. The Labute approximate surface area is 109 Å². The third-order valence-corrected chi connectivity index (χ3v) is 2.75. The molecule has 2 heterocycles. The molecule has 2 rings (SSSR count). The van der Waals surface area contributed by atoms with E-state index in [1.807, 2.05) is 0 Å². The van der Waals surface area contributed by atoms with Crippen molar-refractivity contribution in [2.75, 3.05) is 0 Å². The molecule has 0 fully saturated rings. The van der Waals surface area contributed by atoms with Crippen LogP contribution in [0.4, 0.5) is 13.2 Å². The van der Waals surface area contributed by atoms with Crippen molar-refractivity contribution >= 4 is 0 Å². The minimum atomic E-state index is -4.38. The van der Waals surface area contributed by atoms with Gasteiger partial charge in [0, 0.05) is 18.6 Å². The lowest BCUT2D eigenvalue weighted by atomic mass is 10.0. The van der Waals surface area contributed by atoms with E-state index in [9.17, 15) is 13.2 Å². The van der Waals surface area contributed by atoms with E-state index in [2.05, 4.69) is 9.97 Å². The summed E-state index contributed by atoms with van der Waals surface area (Å²) in [5.41, 5.74) is -0.0586. The first-order chi connectivity index (χ1) is 8.88. The van der Waals surface area contributed by atoms with Gasteiger partial charge in [-0.1, -0.05) is 13.8 Å². The molecule has 2 aromatic rings. The van der Waals surface area contributed by atoms with Gasteiger partial charge in [0.2, 0.25) is 0 Å². The molecule has 0 unspecified atom stereocenters. The third kappa shape index (κ3) is 3.13. The smallest absolute Gasteiger partial charge is 0.333 e. The lowest BCUT2D eigenvalue weighted by molar-refractivity contribution is -0.138. The number of nitrogens with zero attached hydrogens (tertiary/aromatic N) is 3. The molecule has 19 heavy (non-hydrogen) atoms. The van der Waals surface area contributed by atoms with E-state index in [0.717, 1.165) is 0 Å². The monoisotopic (exact) mass is 269 g/mol. The van der Waals surface area contributed by atoms with Gasteiger partial charge in [0.05, 0.1) is 24.1 Å². The molecule has 0 radical (unpaired) electrons. The Morgan fingerprint density at radius 2 is 2.05 bits per heavy atom. The van der Waals surface area contributed by atoms with Crippen LogP contribution in [0.5, 0.6) is 0 Å². The van der Waals surface area contributed by atoms with Crippen LogP contribution >= 0.6 is 0 Å². The van der Waals surface area contributed by atoms with E-state index in [0.29, 0.717) is 12.1 Å². The van der Waals surface area contributed by atoms with Gasteiger partial charge < -0.3 is 4.57 Å². The zero-order chi connectivity index (χ0) is 14.0. The highest BCUT2D eigenvalue weighted by molar-refractivity contribution is 5.30. The van der Waals surface area contributed by atoms with Gasteiger partial charge in [-0.2, -0.15) is 13.2 Å². The average Bonchev–Trinajstić information content (AvgIpc) is 2.80. The number of hydrogen-bond donors (Lipinski definition) is 0. The maximum Gasteiger partial charge on any atom is 0.418 e. The lowest BCUT2D eigenvalue weighted by Gasteiger charge is -2.16. The topological polar surface area (TPSA) is 30.7 Å². The predicted octanol–water partition coefficient (Wildman–Crippen LogP) is 3.47. The van der Waals surface area contributed by atoms with Crippen molar-refractivity contribution in [3.05, 3.63) is 47.8 Å². The van der Waals surface area contributed by atoms with Crippen molar-refractivity contribution < 1.29 is 13.2 Å². The minimum absolute atomic E-state index is 0.0851. The molecule has 0 amide bonds. The van der Waals surface area contributed by atoms with Crippen molar-refractivity contribution in [2.24, 2.45) is 0 Å². The Bertz CT molecular complexity index is 545. The van der Waals surface area contributed by atoms with Crippen molar-refractivity contribution in [2.45, 2.75) is 32.5 Å². The molecule has 0 atom stereocenters. The molecule has 0 N–H and O–H groups in total. The molecular formula is C13H14F3N3. The fourth-order valence-corrected chi connectivity index (χ4v) is 1.88. The Morgan fingerprint density at radius 1 is 1.32 bits per heavy atom. The molecule has 0 aromatic carbocycles. The van der Waals surface area contributed by atoms with Crippen LogP contribution in [0.15, 0.2) is 31.0 Å². The Balaban J connectivity index is 2.38. The lowest BCUT2D eigenvalue weighted by Crippen LogP contribution is -2.13. The van der Waals surface area contributed by atoms with Crippen LogP contribution in [0.2, 0.25) is 0 Å². The summed E-state index contributed by atoms with van der Waals surface area (Å²) in [5, 5.41) is 0. The molecule has 0 aliphatic rings. The second-order valence-electron chi connectivity index (χ2n) is 4.66. The largest absolute Gasteiger partial charge is 0.418 e. The van der Waals surface area contributed by atoms with Crippen LogP contribution in [0, 0.1) is 0 Å². The van der Waals surface area contributed by atoms with Crippen molar-refractivity contribution in [3.63, 3.8) is 0 Å². The maximum atomic E-state index is 13.0. The highest BCUT2D eigenvalue weighted by atomic mass is 19.4. The predicted molar refractivity (Wildman–Crippen MR) is 64.7 cm³/mol. The van der Waals surface area contributed by atoms with Gasteiger partial charge in [-0.15, -0.1) is 0 Å². The van der Waals surface area contributed by atoms with Gasteiger partial charge in [-0.3, -0.25) is 4.98 Å². The van der Waals surface area contributed by atoms with Crippen LogP contribution in [0.3, 0.4) is 0 Å². The fraction of sp³-hybridized carbons (Fsp3) is 0.385.